The molecule has 2 amide bonds. The van der Waals surface area contributed by atoms with Crippen molar-refractivity contribution in [2.45, 2.75) is 45.1 Å². The van der Waals surface area contributed by atoms with Crippen LogP contribution in [0.25, 0.3) is 17.2 Å². The highest BCUT2D eigenvalue weighted by molar-refractivity contribution is 5.93. The summed E-state index contributed by atoms with van der Waals surface area (Å²) in [7, 11) is 0. The Labute approximate surface area is 200 Å². The zero-order valence-corrected chi connectivity index (χ0v) is 19.5. The van der Waals surface area contributed by atoms with Gasteiger partial charge in [0.05, 0.1) is 29.5 Å². The van der Waals surface area contributed by atoms with Crippen LogP contribution in [0.4, 0.5) is 19.3 Å². The van der Waals surface area contributed by atoms with Crippen LogP contribution >= 0.6 is 0 Å². The zero-order valence-electron chi connectivity index (χ0n) is 19.5. The maximum absolute atomic E-state index is 13.5. The van der Waals surface area contributed by atoms with E-state index in [1.807, 2.05) is 0 Å². The Morgan fingerprint density at radius 1 is 1.09 bits per heavy atom. The van der Waals surface area contributed by atoms with Crippen LogP contribution in [0.3, 0.4) is 0 Å². The first-order valence-corrected chi connectivity index (χ1v) is 11.0. The number of amides is 2. The van der Waals surface area contributed by atoms with Crippen LogP contribution in [-0.2, 0) is 4.74 Å². The van der Waals surface area contributed by atoms with E-state index in [0.717, 1.165) is 0 Å². The molecule has 184 valence electrons. The fourth-order valence-corrected chi connectivity index (χ4v) is 3.48. The lowest BCUT2D eigenvalue weighted by Gasteiger charge is -2.31. The van der Waals surface area contributed by atoms with Gasteiger partial charge in [-0.2, -0.15) is 5.10 Å². The first-order chi connectivity index (χ1) is 16.5. The van der Waals surface area contributed by atoms with E-state index in [1.54, 1.807) is 32.9 Å². The molecule has 0 saturated carbocycles. The van der Waals surface area contributed by atoms with Gasteiger partial charge in [0.25, 0.3) is 11.8 Å². The first-order valence-electron chi connectivity index (χ1n) is 11.0. The Kier molecular flexibility index (Phi) is 6.46. The average Bonchev–Trinajstić information content (AvgIpc) is 3.24. The summed E-state index contributed by atoms with van der Waals surface area (Å²) in [6.07, 6.45) is 4.52. The largest absolute Gasteiger partial charge is 0.444 e. The number of alkyl halides is 2. The normalized spacial score (nSPS) is 15.5. The number of likely N-dealkylation sites (tertiary alicyclic amines) is 1. The van der Waals surface area contributed by atoms with Crippen LogP contribution in [0.2, 0.25) is 0 Å². The second-order valence-corrected chi connectivity index (χ2v) is 9.10. The number of nitrogens with one attached hydrogen (secondary N) is 1. The fraction of sp³-hybridized carbons (Fsp3) is 0.391. The molecule has 4 heterocycles. The van der Waals surface area contributed by atoms with Gasteiger partial charge in [0.2, 0.25) is 0 Å². The first kappa shape index (κ1) is 24.2. The van der Waals surface area contributed by atoms with Crippen molar-refractivity contribution in [3.05, 3.63) is 48.7 Å². The molecule has 0 spiro atoms. The van der Waals surface area contributed by atoms with Crippen molar-refractivity contribution in [3.63, 3.8) is 0 Å². The summed E-state index contributed by atoms with van der Waals surface area (Å²) in [4.78, 5) is 39.1. The Bertz CT molecular complexity index is 1200. The summed E-state index contributed by atoms with van der Waals surface area (Å²) in [5.74, 6) is -2.86. The third-order valence-electron chi connectivity index (χ3n) is 5.15. The van der Waals surface area contributed by atoms with E-state index in [2.05, 4.69) is 25.4 Å². The molecular weight excluding hydrogens is 460 g/mol. The van der Waals surface area contributed by atoms with Crippen molar-refractivity contribution in [2.24, 2.45) is 0 Å². The molecule has 0 unspecified atom stereocenters. The van der Waals surface area contributed by atoms with E-state index in [-0.39, 0.29) is 31.6 Å². The van der Waals surface area contributed by atoms with Gasteiger partial charge >= 0.3 is 6.09 Å². The zero-order chi connectivity index (χ0) is 25.2. The Hall–Kier alpha value is -3.96. The molecule has 1 N–H and O–H groups in total. The molecule has 0 radical (unpaired) electrons. The number of ether oxygens (including phenoxy) is 1. The van der Waals surface area contributed by atoms with E-state index < -0.39 is 23.5 Å². The number of halogens is 2. The highest BCUT2D eigenvalue weighted by Crippen LogP contribution is 2.29. The van der Waals surface area contributed by atoms with Crippen LogP contribution in [0.1, 0.15) is 44.1 Å². The minimum Gasteiger partial charge on any atom is -0.444 e. The Morgan fingerprint density at radius 2 is 1.83 bits per heavy atom. The molecule has 0 atom stereocenters. The van der Waals surface area contributed by atoms with Crippen molar-refractivity contribution >= 4 is 17.7 Å². The predicted octanol–water partition coefficient (Wildman–Crippen LogP) is 3.94. The minimum absolute atomic E-state index is 0.0531. The van der Waals surface area contributed by atoms with E-state index in [9.17, 15) is 18.4 Å². The quantitative estimate of drug-likeness (QED) is 0.595. The number of pyridine rings is 1. The van der Waals surface area contributed by atoms with E-state index in [0.29, 0.717) is 22.9 Å². The minimum atomic E-state index is -2.76. The van der Waals surface area contributed by atoms with Crippen molar-refractivity contribution in [3.8, 4) is 17.2 Å². The smallest absolute Gasteiger partial charge is 0.412 e. The molecule has 3 aromatic rings. The van der Waals surface area contributed by atoms with Gasteiger partial charge < -0.3 is 9.64 Å². The molecule has 35 heavy (non-hydrogen) atoms. The molecule has 12 heteroatoms. The molecule has 4 rings (SSSR count). The van der Waals surface area contributed by atoms with Gasteiger partial charge in [-0.25, -0.2) is 23.2 Å². The molecule has 0 aromatic carbocycles. The van der Waals surface area contributed by atoms with E-state index in [1.165, 1.54) is 40.4 Å². The van der Waals surface area contributed by atoms with Crippen LogP contribution in [-0.4, -0.2) is 66.2 Å². The van der Waals surface area contributed by atoms with Gasteiger partial charge in [-0.3, -0.25) is 20.1 Å². The highest BCUT2D eigenvalue weighted by Gasteiger charge is 2.36. The molecule has 1 aliphatic rings. The number of hydrogen-bond donors (Lipinski definition) is 1. The van der Waals surface area contributed by atoms with Crippen LogP contribution in [0, 0.1) is 0 Å². The third-order valence-corrected chi connectivity index (χ3v) is 5.15. The topological polar surface area (TPSA) is 115 Å². The monoisotopic (exact) mass is 485 g/mol. The summed E-state index contributed by atoms with van der Waals surface area (Å²) in [5, 5.41) is 6.99. The molecular formula is C23H25F2N7O3. The van der Waals surface area contributed by atoms with Gasteiger partial charge in [-0.15, -0.1) is 0 Å². The fourth-order valence-electron chi connectivity index (χ4n) is 3.48. The number of hydrogen-bond acceptors (Lipinski definition) is 7. The molecule has 3 aromatic heterocycles. The average molecular weight is 485 g/mol. The second kappa shape index (κ2) is 9.35. The molecule has 1 aliphatic heterocycles. The number of piperidine rings is 1. The van der Waals surface area contributed by atoms with Crippen molar-refractivity contribution in [1.29, 1.82) is 0 Å². The molecule has 0 bridgehead atoms. The lowest BCUT2D eigenvalue weighted by atomic mass is 10.1. The summed E-state index contributed by atoms with van der Waals surface area (Å²) >= 11 is 0. The predicted molar refractivity (Wildman–Crippen MR) is 122 cm³/mol. The molecule has 0 aliphatic carbocycles. The van der Waals surface area contributed by atoms with Gasteiger partial charge in [0, 0.05) is 38.3 Å². The number of aromatic nitrogens is 5. The number of rotatable bonds is 4. The number of carbonyl (C=O) groups is 2. The molecule has 1 saturated heterocycles. The summed E-state index contributed by atoms with van der Waals surface area (Å²) in [6.45, 7) is 5.17. The standard InChI is InChI=1S/C23H25F2N7O3/c1-22(2,3)35-21(34)29-15-4-5-16(28-13-15)18-12-17(30-32(18)19-14-26-8-9-27-19)20(33)31-10-6-23(24,25)7-11-31/h4-5,8-9,12-14H,6-7,10-11H2,1-3H3,(H,29,34). The lowest BCUT2D eigenvalue weighted by Crippen LogP contribution is -2.42. The van der Waals surface area contributed by atoms with Crippen molar-refractivity contribution in [1.82, 2.24) is 29.6 Å². The number of anilines is 1. The van der Waals surface area contributed by atoms with Gasteiger partial charge in [0.1, 0.15) is 5.60 Å². The van der Waals surface area contributed by atoms with Gasteiger partial charge in [-0.05, 0) is 39.0 Å². The lowest BCUT2D eigenvalue weighted by molar-refractivity contribution is -0.0495. The number of carbonyl (C=O) groups excluding carboxylic acids is 2. The number of nitrogens with zero attached hydrogens (tertiary/aromatic N) is 6. The van der Waals surface area contributed by atoms with Crippen LogP contribution < -0.4 is 5.32 Å². The van der Waals surface area contributed by atoms with E-state index >= 15 is 0 Å². The van der Waals surface area contributed by atoms with Gasteiger partial charge in [-0.1, -0.05) is 0 Å². The van der Waals surface area contributed by atoms with Gasteiger partial charge in [0.15, 0.2) is 11.5 Å². The molecule has 10 nitrogen and oxygen atoms in total. The highest BCUT2D eigenvalue weighted by atomic mass is 19.3. The Morgan fingerprint density at radius 3 is 2.43 bits per heavy atom. The Balaban J connectivity index is 1.61. The van der Waals surface area contributed by atoms with Crippen LogP contribution in [0.5, 0.6) is 0 Å². The maximum Gasteiger partial charge on any atom is 0.412 e. The SMILES string of the molecule is CC(C)(C)OC(=O)Nc1ccc(-c2cc(C(=O)N3CCC(F)(F)CC3)nn2-c2cnccn2)nc1. The van der Waals surface area contributed by atoms with Crippen molar-refractivity contribution < 1.29 is 23.1 Å². The summed E-state index contributed by atoms with van der Waals surface area (Å²) in [5.41, 5.74) is 0.739. The van der Waals surface area contributed by atoms with Crippen LogP contribution in [0.15, 0.2) is 43.0 Å². The second-order valence-electron chi connectivity index (χ2n) is 9.10. The summed E-state index contributed by atoms with van der Waals surface area (Å²) < 4.78 is 33.7. The molecule has 1 fully saturated rings. The maximum atomic E-state index is 13.5. The van der Waals surface area contributed by atoms with Crippen molar-refractivity contribution in [2.75, 3.05) is 18.4 Å². The van der Waals surface area contributed by atoms with E-state index in [4.69, 9.17) is 4.74 Å². The summed E-state index contributed by atoms with van der Waals surface area (Å²) in [6, 6.07) is 4.81. The third kappa shape index (κ3) is 5.94.